The van der Waals surface area contributed by atoms with E-state index in [1.807, 2.05) is 12.1 Å². The van der Waals surface area contributed by atoms with Crippen molar-refractivity contribution in [3.63, 3.8) is 0 Å². The number of amides is 1. The molecule has 1 amide bonds. The van der Waals surface area contributed by atoms with E-state index in [4.69, 9.17) is 11.6 Å². The molecule has 1 aliphatic rings. The Labute approximate surface area is 119 Å². The van der Waals surface area contributed by atoms with E-state index in [1.54, 1.807) is 12.1 Å². The smallest absolute Gasteiger partial charge is 0.279 e. The van der Waals surface area contributed by atoms with Gasteiger partial charge in [-0.25, -0.2) is 0 Å². The summed E-state index contributed by atoms with van der Waals surface area (Å²) in [5.74, 6) is 0.0953. The first-order valence-electron chi connectivity index (χ1n) is 7.13. The summed E-state index contributed by atoms with van der Waals surface area (Å²) in [6.07, 6.45) is 6.45. The summed E-state index contributed by atoms with van der Waals surface area (Å²) in [4.78, 5) is 13.4. The fraction of sp³-hybridized carbons (Fsp3) is 0.533. The SMILES string of the molecule is O=C(C[NH+]1CCCCCCC1)Nc1ccc(Cl)cc1. The summed E-state index contributed by atoms with van der Waals surface area (Å²) >= 11 is 5.82. The molecule has 1 aliphatic heterocycles. The van der Waals surface area contributed by atoms with E-state index >= 15 is 0 Å². The van der Waals surface area contributed by atoms with Crippen molar-refractivity contribution in [3.8, 4) is 0 Å². The highest BCUT2D eigenvalue weighted by molar-refractivity contribution is 6.30. The van der Waals surface area contributed by atoms with E-state index in [9.17, 15) is 4.79 Å². The van der Waals surface area contributed by atoms with Crippen LogP contribution in [0.2, 0.25) is 5.02 Å². The van der Waals surface area contributed by atoms with Crippen LogP contribution in [0.25, 0.3) is 0 Å². The molecule has 0 bridgehead atoms. The molecule has 3 nitrogen and oxygen atoms in total. The topological polar surface area (TPSA) is 33.5 Å². The van der Waals surface area contributed by atoms with Crippen molar-refractivity contribution in [3.05, 3.63) is 29.3 Å². The Hall–Kier alpha value is -1.06. The number of hydrogen-bond acceptors (Lipinski definition) is 1. The molecule has 104 valence electrons. The molecule has 0 atom stereocenters. The van der Waals surface area contributed by atoms with Gasteiger partial charge in [-0.2, -0.15) is 0 Å². The summed E-state index contributed by atoms with van der Waals surface area (Å²) in [5.41, 5.74) is 0.820. The van der Waals surface area contributed by atoms with E-state index in [-0.39, 0.29) is 5.91 Å². The van der Waals surface area contributed by atoms with E-state index in [0.717, 1.165) is 18.8 Å². The lowest BCUT2D eigenvalue weighted by atomic mass is 10.1. The fourth-order valence-corrected chi connectivity index (χ4v) is 2.67. The summed E-state index contributed by atoms with van der Waals surface area (Å²) in [6, 6.07) is 7.26. The van der Waals surface area contributed by atoms with Crippen LogP contribution < -0.4 is 10.2 Å². The van der Waals surface area contributed by atoms with Crippen molar-refractivity contribution >= 4 is 23.2 Å². The van der Waals surface area contributed by atoms with Gasteiger partial charge in [0.2, 0.25) is 0 Å². The van der Waals surface area contributed by atoms with Gasteiger partial charge in [-0.15, -0.1) is 0 Å². The highest BCUT2D eigenvalue weighted by atomic mass is 35.5. The molecule has 0 radical (unpaired) electrons. The molecule has 1 fully saturated rings. The Morgan fingerprint density at radius 1 is 1.05 bits per heavy atom. The van der Waals surface area contributed by atoms with Gasteiger partial charge in [-0.05, 0) is 49.9 Å². The first-order chi connectivity index (χ1) is 9.24. The molecular weight excluding hydrogens is 260 g/mol. The summed E-state index contributed by atoms with van der Waals surface area (Å²) in [7, 11) is 0. The quantitative estimate of drug-likeness (QED) is 0.874. The minimum Gasteiger partial charge on any atom is -0.327 e. The molecule has 1 aromatic carbocycles. The first kappa shape index (κ1) is 14.4. The lowest BCUT2D eigenvalue weighted by Crippen LogP contribution is -3.13. The average molecular weight is 282 g/mol. The zero-order chi connectivity index (χ0) is 13.5. The predicted octanol–water partition coefficient (Wildman–Crippen LogP) is 2.13. The number of likely N-dealkylation sites (tertiary alicyclic amines) is 1. The third kappa shape index (κ3) is 5.21. The highest BCUT2D eigenvalue weighted by Gasteiger charge is 2.15. The van der Waals surface area contributed by atoms with Gasteiger partial charge in [0, 0.05) is 10.7 Å². The second kappa shape index (κ2) is 7.51. The lowest BCUT2D eigenvalue weighted by molar-refractivity contribution is -0.892. The Morgan fingerprint density at radius 2 is 1.63 bits per heavy atom. The maximum Gasteiger partial charge on any atom is 0.279 e. The monoisotopic (exact) mass is 281 g/mol. The van der Waals surface area contributed by atoms with Crippen molar-refractivity contribution in [2.75, 3.05) is 25.0 Å². The van der Waals surface area contributed by atoms with Gasteiger partial charge in [-0.1, -0.05) is 18.0 Å². The number of carbonyl (C=O) groups is 1. The van der Waals surface area contributed by atoms with E-state index in [1.165, 1.54) is 37.0 Å². The minimum absolute atomic E-state index is 0.0953. The van der Waals surface area contributed by atoms with Crippen LogP contribution >= 0.6 is 11.6 Å². The number of nitrogens with one attached hydrogen (secondary N) is 2. The number of halogens is 1. The van der Waals surface area contributed by atoms with Crippen molar-refractivity contribution in [1.29, 1.82) is 0 Å². The van der Waals surface area contributed by atoms with Crippen LogP contribution in [0.15, 0.2) is 24.3 Å². The molecule has 2 N–H and O–H groups in total. The number of quaternary nitrogens is 1. The second-order valence-electron chi connectivity index (χ2n) is 5.25. The average Bonchev–Trinajstić information content (AvgIpc) is 2.35. The summed E-state index contributed by atoms with van der Waals surface area (Å²) < 4.78 is 0. The van der Waals surface area contributed by atoms with E-state index in [2.05, 4.69) is 5.32 Å². The summed E-state index contributed by atoms with van der Waals surface area (Å²) in [5, 5.41) is 3.62. The number of anilines is 1. The minimum atomic E-state index is 0.0953. The van der Waals surface area contributed by atoms with Crippen molar-refractivity contribution < 1.29 is 9.69 Å². The van der Waals surface area contributed by atoms with Gasteiger partial charge >= 0.3 is 0 Å². The number of hydrogen-bond donors (Lipinski definition) is 2. The molecule has 0 saturated carbocycles. The Balaban J connectivity index is 1.80. The Bertz CT molecular complexity index is 397. The number of rotatable bonds is 3. The van der Waals surface area contributed by atoms with Gasteiger partial charge in [0.05, 0.1) is 13.1 Å². The molecule has 0 spiro atoms. The molecule has 1 saturated heterocycles. The fourth-order valence-electron chi connectivity index (χ4n) is 2.55. The van der Waals surface area contributed by atoms with Crippen LogP contribution in [-0.2, 0) is 4.79 Å². The number of carbonyl (C=O) groups excluding carboxylic acids is 1. The standard InChI is InChI=1S/C15H21ClN2O/c16-13-6-8-14(9-7-13)17-15(19)12-18-10-4-2-1-3-5-11-18/h6-9H,1-5,10-12H2,(H,17,19)/p+1. The second-order valence-corrected chi connectivity index (χ2v) is 5.69. The normalized spacial score (nSPS) is 17.5. The predicted molar refractivity (Wildman–Crippen MR) is 78.7 cm³/mol. The van der Waals surface area contributed by atoms with Crippen molar-refractivity contribution in [2.45, 2.75) is 32.1 Å². The van der Waals surface area contributed by atoms with Crippen molar-refractivity contribution in [2.24, 2.45) is 0 Å². The van der Waals surface area contributed by atoms with Gasteiger partial charge in [0.25, 0.3) is 5.91 Å². The molecule has 0 aliphatic carbocycles. The largest absolute Gasteiger partial charge is 0.327 e. The molecule has 0 unspecified atom stereocenters. The van der Waals surface area contributed by atoms with Gasteiger partial charge in [-0.3, -0.25) is 4.79 Å². The maximum absolute atomic E-state index is 12.0. The molecule has 4 heteroatoms. The maximum atomic E-state index is 12.0. The summed E-state index contributed by atoms with van der Waals surface area (Å²) in [6.45, 7) is 2.81. The Morgan fingerprint density at radius 3 is 2.26 bits per heavy atom. The third-order valence-corrected chi connectivity index (χ3v) is 3.85. The van der Waals surface area contributed by atoms with Crippen molar-refractivity contribution in [1.82, 2.24) is 0 Å². The van der Waals surface area contributed by atoms with Crippen LogP contribution in [0, 0.1) is 0 Å². The molecule has 1 heterocycles. The molecule has 19 heavy (non-hydrogen) atoms. The van der Waals surface area contributed by atoms with Gasteiger partial charge < -0.3 is 10.2 Å². The molecule has 2 rings (SSSR count). The van der Waals surface area contributed by atoms with Crippen LogP contribution in [0.1, 0.15) is 32.1 Å². The van der Waals surface area contributed by atoms with Gasteiger partial charge in [0.1, 0.15) is 0 Å². The third-order valence-electron chi connectivity index (χ3n) is 3.60. The Kier molecular flexibility index (Phi) is 5.67. The molecule has 0 aromatic heterocycles. The van der Waals surface area contributed by atoms with Crippen LogP contribution in [0.5, 0.6) is 0 Å². The number of benzene rings is 1. The van der Waals surface area contributed by atoms with Gasteiger partial charge in [0.15, 0.2) is 6.54 Å². The highest BCUT2D eigenvalue weighted by Crippen LogP contribution is 2.12. The van der Waals surface area contributed by atoms with E-state index < -0.39 is 0 Å². The zero-order valence-electron chi connectivity index (χ0n) is 11.3. The van der Waals surface area contributed by atoms with E-state index in [0.29, 0.717) is 11.6 Å². The van der Waals surface area contributed by atoms with Crippen LogP contribution in [-0.4, -0.2) is 25.5 Å². The zero-order valence-corrected chi connectivity index (χ0v) is 12.0. The molecular formula is C15H22ClN2O+. The van der Waals surface area contributed by atoms with Crippen LogP contribution in [0.3, 0.4) is 0 Å². The van der Waals surface area contributed by atoms with Crippen LogP contribution in [0.4, 0.5) is 5.69 Å². The first-order valence-corrected chi connectivity index (χ1v) is 7.51. The lowest BCUT2D eigenvalue weighted by Gasteiger charge is -2.21. The molecule has 1 aromatic rings.